The third-order valence-corrected chi connectivity index (χ3v) is 8.67. The number of halogens is 4. The topological polar surface area (TPSA) is 92.8 Å². The van der Waals surface area contributed by atoms with E-state index in [9.17, 15) is 19.2 Å². The Hall–Kier alpha value is -2.13. The van der Waals surface area contributed by atoms with Gasteiger partial charge >= 0.3 is 5.97 Å². The van der Waals surface area contributed by atoms with Gasteiger partial charge in [0.1, 0.15) is 0 Å². The predicted octanol–water partition coefficient (Wildman–Crippen LogP) is 5.32. The molecule has 0 aromatic heterocycles. The Morgan fingerprint density at radius 2 is 1.71 bits per heavy atom. The van der Waals surface area contributed by atoms with Crippen LogP contribution in [0.15, 0.2) is 40.9 Å². The van der Waals surface area contributed by atoms with Crippen LogP contribution in [-0.2, 0) is 19.1 Å². The van der Waals surface area contributed by atoms with Crippen LogP contribution in [0.5, 0.6) is 0 Å². The summed E-state index contributed by atoms with van der Waals surface area (Å²) in [6.07, 6.45) is 0.642. The highest BCUT2D eigenvalue weighted by Crippen LogP contribution is 2.43. The van der Waals surface area contributed by atoms with Crippen molar-refractivity contribution in [1.29, 1.82) is 0 Å². The van der Waals surface area contributed by atoms with Crippen LogP contribution < -0.4 is 10.2 Å². The highest BCUT2D eigenvalue weighted by atomic mass is 79.9. The average Bonchev–Trinajstić information content (AvgIpc) is 3.07. The van der Waals surface area contributed by atoms with Gasteiger partial charge < -0.3 is 10.1 Å². The van der Waals surface area contributed by atoms with Gasteiger partial charge in [-0.05, 0) is 71.6 Å². The third-order valence-electron chi connectivity index (χ3n) is 6.20. The van der Waals surface area contributed by atoms with E-state index in [1.165, 1.54) is 18.2 Å². The van der Waals surface area contributed by atoms with Crippen LogP contribution in [-0.4, -0.2) is 41.1 Å². The zero-order valence-electron chi connectivity index (χ0n) is 18.4. The molecule has 35 heavy (non-hydrogen) atoms. The standard InChI is InChI=1S/C24H20BrCl3N2O5/c1-11-19(6-5-16(25)21(11)28)29-20(31)10-35-24(34)12-3-2-4-13(7-12)30-22(32)14-8-17(26)18(27)9-15(14)23(30)33/h2-7,14-15,17-18H,8-10H2,1H3,(H,29,31)/t14-,15+,17+,18-. The summed E-state index contributed by atoms with van der Waals surface area (Å²) >= 11 is 21.9. The number of fused-ring (bicyclic) bond motifs is 1. The monoisotopic (exact) mass is 600 g/mol. The molecular formula is C24H20BrCl3N2O5. The fraction of sp³-hybridized carbons (Fsp3) is 0.333. The quantitative estimate of drug-likeness (QED) is 0.284. The molecule has 0 unspecified atom stereocenters. The van der Waals surface area contributed by atoms with Crippen LogP contribution in [0.4, 0.5) is 11.4 Å². The molecular weight excluding hydrogens is 583 g/mol. The third kappa shape index (κ3) is 5.21. The van der Waals surface area contributed by atoms with Gasteiger partial charge in [0, 0.05) is 10.2 Å². The van der Waals surface area contributed by atoms with E-state index in [-0.39, 0.29) is 33.8 Å². The SMILES string of the molecule is Cc1c(NC(=O)COC(=O)c2cccc(N3C(=O)[C@H]4C[C@@H](Cl)[C@@H](Cl)C[C@H]4C3=O)c2)ccc(Br)c1Cl. The first-order chi connectivity index (χ1) is 16.6. The van der Waals surface area contributed by atoms with Gasteiger partial charge in [0.25, 0.3) is 5.91 Å². The molecule has 1 N–H and O–H groups in total. The molecule has 1 aliphatic carbocycles. The Morgan fingerprint density at radius 3 is 2.34 bits per heavy atom. The van der Waals surface area contributed by atoms with E-state index in [0.717, 1.165) is 4.90 Å². The molecule has 1 heterocycles. The van der Waals surface area contributed by atoms with Gasteiger partial charge in [0.2, 0.25) is 11.8 Å². The number of nitrogens with one attached hydrogen (secondary N) is 1. The maximum absolute atomic E-state index is 13.0. The van der Waals surface area contributed by atoms with Gasteiger partial charge in [-0.3, -0.25) is 19.3 Å². The number of amides is 3. The number of benzene rings is 2. The number of hydrogen-bond donors (Lipinski definition) is 1. The van der Waals surface area contributed by atoms with E-state index in [2.05, 4.69) is 21.2 Å². The molecule has 1 saturated carbocycles. The molecule has 0 bridgehead atoms. The molecule has 0 spiro atoms. The maximum Gasteiger partial charge on any atom is 0.338 e. The fourth-order valence-electron chi connectivity index (χ4n) is 4.31. The molecule has 2 fully saturated rings. The second-order valence-electron chi connectivity index (χ2n) is 8.44. The lowest BCUT2D eigenvalue weighted by Crippen LogP contribution is -2.34. The molecule has 2 aromatic rings. The molecule has 7 nitrogen and oxygen atoms in total. The largest absolute Gasteiger partial charge is 0.452 e. The zero-order chi connectivity index (χ0) is 25.4. The summed E-state index contributed by atoms with van der Waals surface area (Å²) in [7, 11) is 0. The van der Waals surface area contributed by atoms with Crippen LogP contribution in [0.1, 0.15) is 28.8 Å². The number of anilines is 2. The van der Waals surface area contributed by atoms with Gasteiger partial charge in [0.15, 0.2) is 6.61 Å². The Labute approximate surface area is 225 Å². The second kappa shape index (κ2) is 10.5. The molecule has 4 rings (SSSR count). The summed E-state index contributed by atoms with van der Waals surface area (Å²) in [6.45, 7) is 1.22. The normalized spacial score (nSPS) is 23.7. The molecule has 3 amide bonds. The number of esters is 1. The highest BCUT2D eigenvalue weighted by Gasteiger charge is 2.52. The smallest absolute Gasteiger partial charge is 0.338 e. The van der Waals surface area contributed by atoms with Crippen molar-refractivity contribution in [3.05, 3.63) is 57.0 Å². The van der Waals surface area contributed by atoms with Crippen LogP contribution >= 0.6 is 50.7 Å². The minimum Gasteiger partial charge on any atom is -0.452 e. The van der Waals surface area contributed by atoms with Gasteiger partial charge in [0.05, 0.1) is 38.9 Å². The van der Waals surface area contributed by atoms with Crippen LogP contribution in [0, 0.1) is 18.8 Å². The summed E-state index contributed by atoms with van der Waals surface area (Å²) < 4.78 is 5.83. The molecule has 1 saturated heterocycles. The number of rotatable bonds is 5. The van der Waals surface area contributed by atoms with Crippen molar-refractivity contribution in [2.45, 2.75) is 30.5 Å². The number of ether oxygens (including phenoxy) is 1. The number of carbonyl (C=O) groups is 4. The van der Waals surface area contributed by atoms with Crippen molar-refractivity contribution in [3.63, 3.8) is 0 Å². The van der Waals surface area contributed by atoms with Crippen molar-refractivity contribution in [3.8, 4) is 0 Å². The summed E-state index contributed by atoms with van der Waals surface area (Å²) in [4.78, 5) is 51.9. The molecule has 2 aliphatic rings. The molecule has 1 aliphatic heterocycles. The van der Waals surface area contributed by atoms with E-state index < -0.39 is 30.3 Å². The molecule has 4 atom stereocenters. The van der Waals surface area contributed by atoms with E-state index in [1.807, 2.05) is 0 Å². The van der Waals surface area contributed by atoms with Crippen LogP contribution in [0.3, 0.4) is 0 Å². The summed E-state index contributed by atoms with van der Waals surface area (Å²) in [5, 5.41) is 2.33. The van der Waals surface area contributed by atoms with Gasteiger partial charge in [-0.1, -0.05) is 17.7 Å². The first-order valence-electron chi connectivity index (χ1n) is 10.8. The lowest BCUT2D eigenvalue weighted by molar-refractivity contribution is -0.122. The second-order valence-corrected chi connectivity index (χ2v) is 10.8. The summed E-state index contributed by atoms with van der Waals surface area (Å²) in [6, 6.07) is 9.34. The van der Waals surface area contributed by atoms with Crippen LogP contribution in [0.25, 0.3) is 0 Å². The van der Waals surface area contributed by atoms with Crippen molar-refractivity contribution in [2.75, 3.05) is 16.8 Å². The Kier molecular flexibility index (Phi) is 7.76. The first-order valence-corrected chi connectivity index (χ1v) is 12.8. The summed E-state index contributed by atoms with van der Waals surface area (Å²) in [5.41, 5.74) is 1.51. The minimum absolute atomic E-state index is 0.0964. The average molecular weight is 603 g/mol. The molecule has 11 heteroatoms. The van der Waals surface area contributed by atoms with Crippen molar-refractivity contribution in [2.24, 2.45) is 11.8 Å². The predicted molar refractivity (Wildman–Crippen MR) is 137 cm³/mol. The van der Waals surface area contributed by atoms with Gasteiger partial charge in [-0.2, -0.15) is 0 Å². The van der Waals surface area contributed by atoms with E-state index >= 15 is 0 Å². The molecule has 184 valence electrons. The van der Waals surface area contributed by atoms with Gasteiger partial charge in [-0.25, -0.2) is 4.79 Å². The number of imide groups is 1. The van der Waals surface area contributed by atoms with E-state index in [4.69, 9.17) is 39.5 Å². The zero-order valence-corrected chi connectivity index (χ0v) is 22.2. The highest BCUT2D eigenvalue weighted by molar-refractivity contribution is 9.10. The van der Waals surface area contributed by atoms with E-state index in [0.29, 0.717) is 33.6 Å². The number of alkyl halides is 2. The number of hydrogen-bond acceptors (Lipinski definition) is 5. The van der Waals surface area contributed by atoms with E-state index in [1.54, 1.807) is 25.1 Å². The molecule has 0 radical (unpaired) electrons. The Balaban J connectivity index is 1.42. The maximum atomic E-state index is 13.0. The molecule has 2 aromatic carbocycles. The van der Waals surface area contributed by atoms with Crippen molar-refractivity contribution < 1.29 is 23.9 Å². The van der Waals surface area contributed by atoms with Crippen molar-refractivity contribution in [1.82, 2.24) is 0 Å². The number of carbonyl (C=O) groups excluding carboxylic acids is 4. The number of nitrogens with zero attached hydrogens (tertiary/aromatic N) is 1. The lowest BCUT2D eigenvalue weighted by Gasteiger charge is -2.28. The lowest BCUT2D eigenvalue weighted by atomic mass is 9.80. The van der Waals surface area contributed by atoms with Crippen molar-refractivity contribution >= 4 is 85.8 Å². The Bertz CT molecular complexity index is 1200. The van der Waals surface area contributed by atoms with Gasteiger partial charge in [-0.15, -0.1) is 23.2 Å². The first kappa shape index (κ1) is 25.9. The minimum atomic E-state index is -0.772. The Morgan fingerprint density at radius 1 is 1.09 bits per heavy atom. The summed E-state index contributed by atoms with van der Waals surface area (Å²) in [5.74, 6) is -3.10. The van der Waals surface area contributed by atoms with Crippen LogP contribution in [0.2, 0.25) is 5.02 Å². The fourth-order valence-corrected chi connectivity index (χ4v) is 5.49.